The minimum atomic E-state index is -3.55. The maximum absolute atomic E-state index is 12.5. The van der Waals surface area contributed by atoms with Crippen LogP contribution in [0.1, 0.15) is 30.2 Å². The molecule has 20 heavy (non-hydrogen) atoms. The molecule has 0 saturated heterocycles. The van der Waals surface area contributed by atoms with Crippen LogP contribution in [0.3, 0.4) is 0 Å². The summed E-state index contributed by atoms with van der Waals surface area (Å²) in [6.45, 7) is 5.89. The number of benzene rings is 1. The van der Waals surface area contributed by atoms with Crippen molar-refractivity contribution in [2.75, 3.05) is 4.72 Å². The van der Waals surface area contributed by atoms with Crippen LogP contribution in [0, 0.1) is 6.92 Å². The predicted octanol–water partition coefficient (Wildman–Crippen LogP) is 4.74. The lowest BCUT2D eigenvalue weighted by Gasteiger charge is -2.14. The van der Waals surface area contributed by atoms with Gasteiger partial charge in [0, 0.05) is 4.88 Å². The van der Waals surface area contributed by atoms with E-state index in [0.717, 1.165) is 14.2 Å². The largest absolute Gasteiger partial charge is 0.279 e. The molecule has 0 spiro atoms. The number of hydrogen-bond donors (Lipinski definition) is 1. The Kier molecular flexibility index (Phi) is 4.56. The molecular weight excluding hydrogens is 358 g/mol. The number of rotatable bonds is 4. The molecule has 3 nitrogen and oxygen atoms in total. The van der Waals surface area contributed by atoms with Crippen molar-refractivity contribution in [2.45, 2.75) is 31.6 Å². The standard InChI is InChI=1S/C14H16BrNO2S2/c1-9(2)11-6-4-5-7-12(11)16-20(17,18)13-8-14(15)19-10(13)3/h4-9,16H,1-3H3. The van der Waals surface area contributed by atoms with Crippen LogP contribution >= 0.6 is 27.3 Å². The zero-order valence-electron chi connectivity index (χ0n) is 11.5. The number of para-hydroxylation sites is 1. The van der Waals surface area contributed by atoms with E-state index in [4.69, 9.17) is 0 Å². The van der Waals surface area contributed by atoms with E-state index in [0.29, 0.717) is 10.6 Å². The first-order valence-corrected chi connectivity index (χ1v) is 9.28. The normalized spacial score (nSPS) is 11.8. The molecule has 0 unspecified atom stereocenters. The summed E-state index contributed by atoms with van der Waals surface area (Å²) in [5.41, 5.74) is 1.63. The first-order valence-electron chi connectivity index (χ1n) is 6.19. The lowest BCUT2D eigenvalue weighted by molar-refractivity contribution is 0.601. The number of thiophene rings is 1. The first kappa shape index (κ1) is 15.5. The van der Waals surface area contributed by atoms with E-state index in [1.807, 2.05) is 32.0 Å². The molecular formula is C14H16BrNO2S2. The molecule has 0 aliphatic carbocycles. The molecule has 6 heteroatoms. The van der Waals surface area contributed by atoms with Gasteiger partial charge in [-0.05, 0) is 46.5 Å². The Morgan fingerprint density at radius 1 is 1.25 bits per heavy atom. The highest BCUT2D eigenvalue weighted by Gasteiger charge is 2.21. The third kappa shape index (κ3) is 3.24. The topological polar surface area (TPSA) is 46.2 Å². The van der Waals surface area contributed by atoms with Crippen LogP contribution in [0.2, 0.25) is 0 Å². The van der Waals surface area contributed by atoms with Gasteiger partial charge in [0.25, 0.3) is 10.0 Å². The average molecular weight is 374 g/mol. The van der Waals surface area contributed by atoms with Crippen molar-refractivity contribution in [3.05, 3.63) is 44.6 Å². The highest BCUT2D eigenvalue weighted by molar-refractivity contribution is 9.11. The summed E-state index contributed by atoms with van der Waals surface area (Å²) >= 11 is 4.74. The Bertz CT molecular complexity index is 721. The third-order valence-electron chi connectivity index (χ3n) is 2.96. The summed E-state index contributed by atoms with van der Waals surface area (Å²) < 4.78 is 28.5. The molecule has 108 valence electrons. The second-order valence-corrected chi connectivity index (χ2v) is 9.10. The van der Waals surface area contributed by atoms with Crippen LogP contribution in [0.25, 0.3) is 0 Å². The summed E-state index contributed by atoms with van der Waals surface area (Å²) in [5, 5.41) is 0. The zero-order chi connectivity index (χ0) is 14.9. The van der Waals surface area contributed by atoms with Gasteiger partial charge >= 0.3 is 0 Å². The van der Waals surface area contributed by atoms with Gasteiger partial charge in [0.05, 0.1) is 9.47 Å². The van der Waals surface area contributed by atoms with Gasteiger partial charge in [-0.2, -0.15) is 0 Å². The van der Waals surface area contributed by atoms with Gasteiger partial charge in [0.15, 0.2) is 0 Å². The van der Waals surface area contributed by atoms with Gasteiger partial charge < -0.3 is 0 Å². The molecule has 0 amide bonds. The lowest BCUT2D eigenvalue weighted by Crippen LogP contribution is -2.14. The lowest BCUT2D eigenvalue weighted by atomic mass is 10.0. The van der Waals surface area contributed by atoms with Crippen molar-refractivity contribution < 1.29 is 8.42 Å². The molecule has 2 aromatic rings. The quantitative estimate of drug-likeness (QED) is 0.840. The van der Waals surface area contributed by atoms with Gasteiger partial charge in [-0.15, -0.1) is 11.3 Å². The van der Waals surface area contributed by atoms with Gasteiger partial charge in [0.2, 0.25) is 0 Å². The van der Waals surface area contributed by atoms with Crippen LogP contribution in [0.15, 0.2) is 39.0 Å². The first-order chi connectivity index (χ1) is 9.31. The Labute approximate surface area is 132 Å². The van der Waals surface area contributed by atoms with E-state index in [9.17, 15) is 8.42 Å². The molecule has 1 aromatic carbocycles. The van der Waals surface area contributed by atoms with E-state index in [1.165, 1.54) is 11.3 Å². The molecule has 0 aliphatic heterocycles. The average Bonchev–Trinajstić information content (AvgIpc) is 2.69. The molecule has 0 fully saturated rings. The molecule has 0 saturated carbocycles. The molecule has 1 heterocycles. The molecule has 0 aliphatic rings. The number of aryl methyl sites for hydroxylation is 1. The van der Waals surface area contributed by atoms with Crippen molar-refractivity contribution in [2.24, 2.45) is 0 Å². The maximum Gasteiger partial charge on any atom is 0.263 e. The number of sulfonamides is 1. The third-order valence-corrected chi connectivity index (χ3v) is 6.13. The molecule has 1 N–H and O–H groups in total. The Morgan fingerprint density at radius 2 is 1.90 bits per heavy atom. The molecule has 0 bridgehead atoms. The molecule has 1 aromatic heterocycles. The van der Waals surface area contributed by atoms with E-state index >= 15 is 0 Å². The second kappa shape index (κ2) is 5.87. The molecule has 0 atom stereocenters. The SMILES string of the molecule is Cc1sc(Br)cc1S(=O)(=O)Nc1ccccc1C(C)C. The van der Waals surface area contributed by atoms with Crippen molar-refractivity contribution in [3.63, 3.8) is 0 Å². The monoisotopic (exact) mass is 373 g/mol. The van der Waals surface area contributed by atoms with Crippen molar-refractivity contribution >= 4 is 43.0 Å². The summed E-state index contributed by atoms with van der Waals surface area (Å²) in [5.74, 6) is 0.254. The zero-order valence-corrected chi connectivity index (χ0v) is 14.7. The van der Waals surface area contributed by atoms with Crippen molar-refractivity contribution in [3.8, 4) is 0 Å². The number of nitrogens with one attached hydrogen (secondary N) is 1. The minimum Gasteiger partial charge on any atom is -0.279 e. The van der Waals surface area contributed by atoms with E-state index in [1.54, 1.807) is 19.1 Å². The summed E-state index contributed by atoms with van der Waals surface area (Å²) in [4.78, 5) is 1.10. The smallest absolute Gasteiger partial charge is 0.263 e. The van der Waals surface area contributed by atoms with Gasteiger partial charge in [-0.3, -0.25) is 4.72 Å². The highest BCUT2D eigenvalue weighted by atomic mass is 79.9. The second-order valence-electron chi connectivity index (χ2n) is 4.82. The van der Waals surface area contributed by atoms with Crippen LogP contribution in [0.5, 0.6) is 0 Å². The van der Waals surface area contributed by atoms with Gasteiger partial charge in [-0.25, -0.2) is 8.42 Å². The molecule has 0 radical (unpaired) electrons. The number of anilines is 1. The Balaban J connectivity index is 2.41. The maximum atomic E-state index is 12.5. The minimum absolute atomic E-state index is 0.254. The Hall–Kier alpha value is -0.850. The highest BCUT2D eigenvalue weighted by Crippen LogP contribution is 2.32. The fraction of sp³-hybridized carbons (Fsp3) is 0.286. The van der Waals surface area contributed by atoms with E-state index in [-0.39, 0.29) is 5.92 Å². The molecule has 2 rings (SSSR count). The summed E-state index contributed by atoms with van der Waals surface area (Å²) in [7, 11) is -3.55. The van der Waals surface area contributed by atoms with Crippen molar-refractivity contribution in [1.82, 2.24) is 0 Å². The van der Waals surface area contributed by atoms with Crippen LogP contribution < -0.4 is 4.72 Å². The van der Waals surface area contributed by atoms with Gasteiger partial charge in [-0.1, -0.05) is 32.0 Å². The fourth-order valence-electron chi connectivity index (χ4n) is 1.99. The van der Waals surface area contributed by atoms with Crippen LogP contribution in [-0.4, -0.2) is 8.42 Å². The van der Waals surface area contributed by atoms with Crippen LogP contribution in [-0.2, 0) is 10.0 Å². The predicted molar refractivity (Wildman–Crippen MR) is 88.1 cm³/mol. The fourth-order valence-corrected chi connectivity index (χ4v) is 5.49. The Morgan fingerprint density at radius 3 is 2.45 bits per heavy atom. The number of hydrogen-bond acceptors (Lipinski definition) is 3. The number of halogens is 1. The van der Waals surface area contributed by atoms with E-state index < -0.39 is 10.0 Å². The summed E-state index contributed by atoms with van der Waals surface area (Å²) in [6, 6.07) is 9.13. The van der Waals surface area contributed by atoms with Crippen molar-refractivity contribution in [1.29, 1.82) is 0 Å². The summed E-state index contributed by atoms with van der Waals surface area (Å²) in [6.07, 6.45) is 0. The van der Waals surface area contributed by atoms with Crippen LogP contribution in [0.4, 0.5) is 5.69 Å². The van der Waals surface area contributed by atoms with Gasteiger partial charge in [0.1, 0.15) is 4.90 Å². The van der Waals surface area contributed by atoms with E-state index in [2.05, 4.69) is 20.7 Å².